The maximum absolute atomic E-state index is 5.77. The third kappa shape index (κ3) is 4.17. The van der Waals surface area contributed by atoms with Crippen LogP contribution in [0.1, 0.15) is 44.5 Å². The summed E-state index contributed by atoms with van der Waals surface area (Å²) in [6.45, 7) is 5.26. The molecule has 2 rings (SSSR count). The number of hydrogen-bond donors (Lipinski definition) is 1. The van der Waals surface area contributed by atoms with Crippen molar-refractivity contribution >= 4 is 0 Å². The molecule has 0 aliphatic carbocycles. The first-order chi connectivity index (χ1) is 8.36. The fourth-order valence-electron chi connectivity index (χ4n) is 2.41. The maximum atomic E-state index is 5.77. The highest BCUT2D eigenvalue weighted by atomic mass is 16.5. The minimum absolute atomic E-state index is 0.0815. The van der Waals surface area contributed by atoms with E-state index >= 15 is 0 Å². The summed E-state index contributed by atoms with van der Waals surface area (Å²) >= 11 is 0. The fourth-order valence-corrected chi connectivity index (χ4v) is 2.41. The van der Waals surface area contributed by atoms with Crippen molar-refractivity contribution in [3.63, 3.8) is 0 Å². The number of piperidine rings is 1. The van der Waals surface area contributed by atoms with E-state index in [0.29, 0.717) is 0 Å². The molecule has 96 valence electrons. The van der Waals surface area contributed by atoms with Gasteiger partial charge in [0.1, 0.15) is 11.9 Å². The van der Waals surface area contributed by atoms with Gasteiger partial charge >= 0.3 is 0 Å². The van der Waals surface area contributed by atoms with E-state index in [1.807, 2.05) is 19.1 Å². The van der Waals surface area contributed by atoms with Crippen LogP contribution in [0.4, 0.5) is 0 Å². The van der Waals surface area contributed by atoms with Crippen molar-refractivity contribution < 1.29 is 9.15 Å². The van der Waals surface area contributed by atoms with E-state index in [-0.39, 0.29) is 6.10 Å². The molecular formula is C14H23NO2. The van der Waals surface area contributed by atoms with Crippen LogP contribution in [0, 0.1) is 5.92 Å². The van der Waals surface area contributed by atoms with E-state index in [0.717, 1.165) is 24.7 Å². The monoisotopic (exact) mass is 237 g/mol. The van der Waals surface area contributed by atoms with E-state index in [1.165, 1.54) is 32.4 Å². The zero-order valence-corrected chi connectivity index (χ0v) is 10.7. The Kier molecular flexibility index (Phi) is 5.08. The highest BCUT2D eigenvalue weighted by Gasteiger charge is 2.13. The summed E-state index contributed by atoms with van der Waals surface area (Å²) in [5.74, 6) is 1.82. The van der Waals surface area contributed by atoms with Gasteiger partial charge in [-0.15, -0.1) is 0 Å². The van der Waals surface area contributed by atoms with Crippen molar-refractivity contribution in [2.24, 2.45) is 5.92 Å². The lowest BCUT2D eigenvalue weighted by Crippen LogP contribution is -2.27. The van der Waals surface area contributed by atoms with Gasteiger partial charge in [-0.1, -0.05) is 0 Å². The zero-order chi connectivity index (χ0) is 11.9. The van der Waals surface area contributed by atoms with Crippen LogP contribution >= 0.6 is 0 Å². The van der Waals surface area contributed by atoms with Crippen molar-refractivity contribution in [1.29, 1.82) is 0 Å². The molecule has 1 saturated heterocycles. The molecule has 0 bridgehead atoms. The number of furan rings is 1. The first-order valence-electron chi connectivity index (χ1n) is 6.72. The molecule has 0 amide bonds. The smallest absolute Gasteiger partial charge is 0.132 e. The third-order valence-corrected chi connectivity index (χ3v) is 3.53. The van der Waals surface area contributed by atoms with Gasteiger partial charge in [0.25, 0.3) is 0 Å². The van der Waals surface area contributed by atoms with Crippen LogP contribution in [-0.2, 0) is 4.74 Å². The minimum Gasteiger partial charge on any atom is -0.467 e. The molecule has 0 aromatic carbocycles. The normalized spacial score (nSPS) is 19.4. The molecule has 0 saturated carbocycles. The first kappa shape index (κ1) is 12.7. The number of hydrogen-bond acceptors (Lipinski definition) is 3. The second-order valence-corrected chi connectivity index (χ2v) is 4.86. The second-order valence-electron chi connectivity index (χ2n) is 4.86. The van der Waals surface area contributed by atoms with E-state index in [1.54, 1.807) is 6.26 Å². The number of rotatable bonds is 6. The molecule has 1 unspecified atom stereocenters. The molecule has 3 heteroatoms. The van der Waals surface area contributed by atoms with Gasteiger partial charge in [-0.3, -0.25) is 0 Å². The minimum atomic E-state index is 0.0815. The molecule has 17 heavy (non-hydrogen) atoms. The molecule has 0 spiro atoms. The Labute approximate surface area is 104 Å². The van der Waals surface area contributed by atoms with Crippen molar-refractivity contribution in [3.8, 4) is 0 Å². The van der Waals surface area contributed by atoms with Crippen LogP contribution in [0.5, 0.6) is 0 Å². The van der Waals surface area contributed by atoms with Crippen LogP contribution in [0.2, 0.25) is 0 Å². The van der Waals surface area contributed by atoms with Crippen LogP contribution in [-0.4, -0.2) is 19.7 Å². The Hall–Kier alpha value is -0.800. The summed E-state index contributed by atoms with van der Waals surface area (Å²) in [7, 11) is 0. The molecule has 1 aromatic heterocycles. The van der Waals surface area contributed by atoms with Gasteiger partial charge in [0, 0.05) is 6.61 Å². The van der Waals surface area contributed by atoms with Crippen molar-refractivity contribution in [1.82, 2.24) is 5.32 Å². The average Bonchev–Trinajstić information content (AvgIpc) is 2.89. The lowest BCUT2D eigenvalue weighted by molar-refractivity contribution is 0.0458. The predicted molar refractivity (Wildman–Crippen MR) is 67.9 cm³/mol. The third-order valence-electron chi connectivity index (χ3n) is 3.53. The van der Waals surface area contributed by atoms with E-state index in [2.05, 4.69) is 5.32 Å². The second kappa shape index (κ2) is 6.82. The molecule has 1 aliphatic heterocycles. The van der Waals surface area contributed by atoms with Crippen molar-refractivity contribution in [2.45, 2.75) is 38.7 Å². The Morgan fingerprint density at radius 1 is 1.47 bits per heavy atom. The Balaban J connectivity index is 1.56. The quantitative estimate of drug-likeness (QED) is 0.772. The number of nitrogens with one attached hydrogen (secondary N) is 1. The Morgan fingerprint density at radius 2 is 2.29 bits per heavy atom. The summed E-state index contributed by atoms with van der Waals surface area (Å²) in [6.07, 6.45) is 6.89. The highest BCUT2D eigenvalue weighted by molar-refractivity contribution is 5.00. The highest BCUT2D eigenvalue weighted by Crippen LogP contribution is 2.20. The van der Waals surface area contributed by atoms with Crippen LogP contribution < -0.4 is 5.32 Å². The molecule has 0 radical (unpaired) electrons. The van der Waals surface area contributed by atoms with Crippen molar-refractivity contribution in [3.05, 3.63) is 24.2 Å². The van der Waals surface area contributed by atoms with Gasteiger partial charge in [-0.2, -0.15) is 0 Å². The van der Waals surface area contributed by atoms with Gasteiger partial charge in [-0.05, 0) is 63.7 Å². The molecular weight excluding hydrogens is 214 g/mol. The lowest BCUT2D eigenvalue weighted by atomic mass is 9.93. The predicted octanol–water partition coefficient (Wildman–Crippen LogP) is 3.14. The van der Waals surface area contributed by atoms with Gasteiger partial charge in [-0.25, -0.2) is 0 Å². The molecule has 1 N–H and O–H groups in total. The van der Waals surface area contributed by atoms with E-state index in [4.69, 9.17) is 9.15 Å². The molecule has 1 aliphatic rings. The topological polar surface area (TPSA) is 34.4 Å². The van der Waals surface area contributed by atoms with Gasteiger partial charge in [0.05, 0.1) is 6.26 Å². The first-order valence-corrected chi connectivity index (χ1v) is 6.72. The Bertz CT molecular complexity index is 291. The van der Waals surface area contributed by atoms with E-state index in [9.17, 15) is 0 Å². The van der Waals surface area contributed by atoms with Gasteiger partial charge in [0.15, 0.2) is 0 Å². The molecule has 3 nitrogen and oxygen atoms in total. The number of ether oxygens (including phenoxy) is 1. The van der Waals surface area contributed by atoms with Crippen LogP contribution in [0.15, 0.2) is 22.8 Å². The standard InChI is InChI=1S/C14H23NO2/c1-12(14-5-3-11-17-14)16-10-2-4-13-6-8-15-9-7-13/h3,5,11-13,15H,2,4,6-10H2,1H3. The summed E-state index contributed by atoms with van der Waals surface area (Å²) in [5, 5.41) is 3.40. The molecule has 1 fully saturated rings. The van der Waals surface area contributed by atoms with Crippen LogP contribution in [0.25, 0.3) is 0 Å². The Morgan fingerprint density at radius 3 is 3.00 bits per heavy atom. The average molecular weight is 237 g/mol. The maximum Gasteiger partial charge on any atom is 0.132 e. The fraction of sp³-hybridized carbons (Fsp3) is 0.714. The summed E-state index contributed by atoms with van der Waals surface area (Å²) in [5.41, 5.74) is 0. The molecule has 1 atom stereocenters. The SMILES string of the molecule is CC(OCCCC1CCNCC1)c1ccco1. The summed E-state index contributed by atoms with van der Waals surface area (Å²) < 4.78 is 11.1. The van der Waals surface area contributed by atoms with Crippen molar-refractivity contribution in [2.75, 3.05) is 19.7 Å². The van der Waals surface area contributed by atoms with Gasteiger partial charge in [0.2, 0.25) is 0 Å². The zero-order valence-electron chi connectivity index (χ0n) is 10.7. The van der Waals surface area contributed by atoms with E-state index < -0.39 is 0 Å². The lowest BCUT2D eigenvalue weighted by Gasteiger charge is -2.22. The summed E-state index contributed by atoms with van der Waals surface area (Å²) in [4.78, 5) is 0. The summed E-state index contributed by atoms with van der Waals surface area (Å²) in [6, 6.07) is 3.88. The largest absolute Gasteiger partial charge is 0.467 e. The molecule has 2 heterocycles. The molecule has 1 aromatic rings. The van der Waals surface area contributed by atoms with Crippen LogP contribution in [0.3, 0.4) is 0 Å². The van der Waals surface area contributed by atoms with Gasteiger partial charge < -0.3 is 14.5 Å².